The summed E-state index contributed by atoms with van der Waals surface area (Å²) in [7, 11) is 0. The van der Waals surface area contributed by atoms with E-state index in [4.69, 9.17) is 4.74 Å². The summed E-state index contributed by atoms with van der Waals surface area (Å²) in [6.45, 7) is 9.40. The minimum absolute atomic E-state index is 0.0111. The predicted molar refractivity (Wildman–Crippen MR) is 109 cm³/mol. The van der Waals surface area contributed by atoms with Crippen LogP contribution in [0.25, 0.3) is 0 Å². The highest BCUT2D eigenvalue weighted by atomic mass is 16.5. The standard InChI is InChI=1S/C22H33N3O3/c1-18(2)19-7-6-8-20(15-19)28-17-22(27)25-13-11-23(12-14-25)16-21(26)24-9-4-3-5-10-24/h6-8,15,18H,3-5,9-14,16-17H2,1-2H3. The Morgan fingerprint density at radius 3 is 2.29 bits per heavy atom. The summed E-state index contributed by atoms with van der Waals surface area (Å²) in [5.41, 5.74) is 1.21. The Kier molecular flexibility index (Phi) is 7.31. The summed E-state index contributed by atoms with van der Waals surface area (Å²) >= 11 is 0. The van der Waals surface area contributed by atoms with Crippen molar-refractivity contribution in [3.05, 3.63) is 29.8 Å². The zero-order chi connectivity index (χ0) is 19.9. The minimum atomic E-state index is 0.0111. The molecule has 6 heteroatoms. The number of amides is 2. The molecule has 1 aromatic rings. The van der Waals surface area contributed by atoms with E-state index in [0.29, 0.717) is 25.6 Å². The van der Waals surface area contributed by atoms with E-state index in [1.165, 1.54) is 12.0 Å². The molecule has 0 atom stereocenters. The Labute approximate surface area is 168 Å². The molecular weight excluding hydrogens is 354 g/mol. The average Bonchev–Trinajstić information content (AvgIpc) is 2.73. The van der Waals surface area contributed by atoms with Crippen LogP contribution in [0.2, 0.25) is 0 Å². The van der Waals surface area contributed by atoms with Crippen molar-refractivity contribution < 1.29 is 14.3 Å². The summed E-state index contributed by atoms with van der Waals surface area (Å²) in [4.78, 5) is 30.9. The zero-order valence-electron chi connectivity index (χ0n) is 17.2. The highest BCUT2D eigenvalue weighted by molar-refractivity contribution is 5.79. The lowest BCUT2D eigenvalue weighted by molar-refractivity contribution is -0.136. The van der Waals surface area contributed by atoms with Crippen molar-refractivity contribution in [1.29, 1.82) is 0 Å². The SMILES string of the molecule is CC(C)c1cccc(OCC(=O)N2CCN(CC(=O)N3CCCCC3)CC2)c1. The van der Waals surface area contributed by atoms with Gasteiger partial charge in [0.25, 0.3) is 5.91 Å². The largest absolute Gasteiger partial charge is 0.484 e. The number of piperidine rings is 1. The molecule has 154 valence electrons. The van der Waals surface area contributed by atoms with Gasteiger partial charge in [0.15, 0.2) is 6.61 Å². The fourth-order valence-corrected chi connectivity index (χ4v) is 3.79. The highest BCUT2D eigenvalue weighted by Crippen LogP contribution is 2.20. The van der Waals surface area contributed by atoms with Crippen molar-refractivity contribution in [2.24, 2.45) is 0 Å². The van der Waals surface area contributed by atoms with Gasteiger partial charge in [0.1, 0.15) is 5.75 Å². The number of piperazine rings is 1. The monoisotopic (exact) mass is 387 g/mol. The van der Waals surface area contributed by atoms with Gasteiger partial charge in [0.2, 0.25) is 5.91 Å². The summed E-state index contributed by atoms with van der Waals surface area (Å²) in [6.07, 6.45) is 3.47. The van der Waals surface area contributed by atoms with Gasteiger partial charge in [-0.1, -0.05) is 26.0 Å². The third-order valence-electron chi connectivity index (χ3n) is 5.68. The van der Waals surface area contributed by atoms with Crippen molar-refractivity contribution in [2.45, 2.75) is 39.0 Å². The fourth-order valence-electron chi connectivity index (χ4n) is 3.79. The van der Waals surface area contributed by atoms with Gasteiger partial charge < -0.3 is 14.5 Å². The van der Waals surface area contributed by atoms with Crippen LogP contribution in [-0.2, 0) is 9.59 Å². The van der Waals surface area contributed by atoms with Gasteiger partial charge >= 0.3 is 0 Å². The molecule has 1 aromatic carbocycles. The molecule has 2 saturated heterocycles. The maximum absolute atomic E-state index is 12.5. The molecule has 2 fully saturated rings. The first-order valence-corrected chi connectivity index (χ1v) is 10.5. The Hall–Kier alpha value is -2.08. The average molecular weight is 388 g/mol. The molecule has 6 nitrogen and oxygen atoms in total. The fraction of sp³-hybridized carbons (Fsp3) is 0.636. The Morgan fingerprint density at radius 2 is 1.61 bits per heavy atom. The Morgan fingerprint density at radius 1 is 0.929 bits per heavy atom. The van der Waals surface area contributed by atoms with Crippen LogP contribution in [0.3, 0.4) is 0 Å². The van der Waals surface area contributed by atoms with E-state index < -0.39 is 0 Å². The lowest BCUT2D eigenvalue weighted by Gasteiger charge is -2.36. The van der Waals surface area contributed by atoms with Gasteiger partial charge in [0.05, 0.1) is 6.54 Å². The van der Waals surface area contributed by atoms with Crippen LogP contribution in [0.5, 0.6) is 5.75 Å². The van der Waals surface area contributed by atoms with Crippen LogP contribution >= 0.6 is 0 Å². The van der Waals surface area contributed by atoms with Crippen LogP contribution in [0, 0.1) is 0 Å². The lowest BCUT2D eigenvalue weighted by Crippen LogP contribution is -2.52. The molecular formula is C22H33N3O3. The zero-order valence-corrected chi connectivity index (χ0v) is 17.2. The van der Waals surface area contributed by atoms with Gasteiger partial charge in [-0.05, 0) is 42.9 Å². The number of benzene rings is 1. The van der Waals surface area contributed by atoms with Crippen molar-refractivity contribution in [3.8, 4) is 5.75 Å². The molecule has 0 spiro atoms. The first-order chi connectivity index (χ1) is 13.5. The third kappa shape index (κ3) is 5.71. The van der Waals surface area contributed by atoms with E-state index in [0.717, 1.165) is 44.8 Å². The first kappa shape index (κ1) is 20.6. The third-order valence-corrected chi connectivity index (χ3v) is 5.68. The van der Waals surface area contributed by atoms with Crippen LogP contribution in [0.1, 0.15) is 44.6 Å². The van der Waals surface area contributed by atoms with E-state index in [9.17, 15) is 9.59 Å². The summed E-state index contributed by atoms with van der Waals surface area (Å²) in [5.74, 6) is 1.41. The molecule has 0 aliphatic carbocycles. The van der Waals surface area contributed by atoms with Crippen molar-refractivity contribution in [2.75, 3.05) is 52.4 Å². The number of nitrogens with zero attached hydrogens (tertiary/aromatic N) is 3. The van der Waals surface area contributed by atoms with Crippen LogP contribution in [0.4, 0.5) is 0 Å². The summed E-state index contributed by atoms with van der Waals surface area (Å²) < 4.78 is 5.72. The normalized spacial score (nSPS) is 18.4. The molecule has 2 aliphatic heterocycles. The van der Waals surface area contributed by atoms with Crippen molar-refractivity contribution >= 4 is 11.8 Å². The molecule has 0 N–H and O–H groups in total. The van der Waals surface area contributed by atoms with E-state index in [2.05, 4.69) is 24.8 Å². The van der Waals surface area contributed by atoms with Gasteiger partial charge in [0, 0.05) is 39.3 Å². The van der Waals surface area contributed by atoms with E-state index in [1.54, 1.807) is 0 Å². The first-order valence-electron chi connectivity index (χ1n) is 10.5. The van der Waals surface area contributed by atoms with Crippen molar-refractivity contribution in [1.82, 2.24) is 14.7 Å². The highest BCUT2D eigenvalue weighted by Gasteiger charge is 2.25. The van der Waals surface area contributed by atoms with Crippen LogP contribution in [0.15, 0.2) is 24.3 Å². The maximum atomic E-state index is 12.5. The molecule has 0 radical (unpaired) electrons. The molecule has 0 bridgehead atoms. The quantitative estimate of drug-likeness (QED) is 0.752. The smallest absolute Gasteiger partial charge is 0.260 e. The number of carbonyl (C=O) groups excluding carboxylic acids is 2. The summed E-state index contributed by atoms with van der Waals surface area (Å²) in [5, 5.41) is 0. The second kappa shape index (κ2) is 9.92. The molecule has 2 heterocycles. The van der Waals surface area contributed by atoms with Crippen LogP contribution < -0.4 is 4.74 Å². The van der Waals surface area contributed by atoms with Gasteiger partial charge in [-0.15, -0.1) is 0 Å². The van der Waals surface area contributed by atoms with Crippen LogP contribution in [-0.4, -0.2) is 78.9 Å². The number of likely N-dealkylation sites (tertiary alicyclic amines) is 1. The summed E-state index contributed by atoms with van der Waals surface area (Å²) in [6, 6.07) is 7.93. The van der Waals surface area contributed by atoms with E-state index >= 15 is 0 Å². The van der Waals surface area contributed by atoms with E-state index in [1.807, 2.05) is 28.0 Å². The molecule has 2 aliphatic rings. The number of hydrogen-bond acceptors (Lipinski definition) is 4. The molecule has 0 aromatic heterocycles. The second-order valence-electron chi connectivity index (χ2n) is 8.11. The number of rotatable bonds is 6. The Bertz CT molecular complexity index is 663. The topological polar surface area (TPSA) is 53.1 Å². The van der Waals surface area contributed by atoms with Gasteiger partial charge in [-0.2, -0.15) is 0 Å². The second-order valence-corrected chi connectivity index (χ2v) is 8.11. The molecule has 28 heavy (non-hydrogen) atoms. The van der Waals surface area contributed by atoms with Gasteiger partial charge in [-0.3, -0.25) is 14.5 Å². The van der Waals surface area contributed by atoms with E-state index in [-0.39, 0.29) is 18.4 Å². The van der Waals surface area contributed by atoms with Crippen molar-refractivity contribution in [3.63, 3.8) is 0 Å². The minimum Gasteiger partial charge on any atom is -0.484 e. The number of ether oxygens (including phenoxy) is 1. The molecule has 0 unspecified atom stereocenters. The lowest BCUT2D eigenvalue weighted by atomic mass is 10.0. The molecule has 2 amide bonds. The predicted octanol–water partition coefficient (Wildman–Crippen LogP) is 2.35. The molecule has 3 rings (SSSR count). The molecule has 0 saturated carbocycles. The number of hydrogen-bond donors (Lipinski definition) is 0. The van der Waals surface area contributed by atoms with Gasteiger partial charge in [-0.25, -0.2) is 0 Å². The Balaban J connectivity index is 1.40. The number of carbonyl (C=O) groups is 2. The maximum Gasteiger partial charge on any atom is 0.260 e.